The summed E-state index contributed by atoms with van der Waals surface area (Å²) in [5, 5.41) is 1.73. The molecule has 0 atom stereocenters. The molecule has 0 unspecified atom stereocenters. The first-order chi connectivity index (χ1) is 9.38. The van der Waals surface area contributed by atoms with E-state index in [0.717, 1.165) is 12.8 Å². The van der Waals surface area contributed by atoms with E-state index in [2.05, 4.69) is 0 Å². The van der Waals surface area contributed by atoms with Gasteiger partial charge in [-0.3, -0.25) is 9.59 Å². The first kappa shape index (κ1) is 14.4. The maximum Gasteiger partial charge on any atom is 0.471 e. The number of halogens is 3. The molecule has 2 rings (SSSR count). The summed E-state index contributed by atoms with van der Waals surface area (Å²) in [5.74, 6) is -2.17. The predicted molar refractivity (Wildman–Crippen MR) is 66.3 cm³/mol. The molecule has 0 saturated carbocycles. The third kappa shape index (κ3) is 3.28. The molecule has 1 aromatic rings. The lowest BCUT2D eigenvalue weighted by atomic mass is 10.2. The van der Waals surface area contributed by atoms with Crippen molar-refractivity contribution in [3.63, 3.8) is 0 Å². The van der Waals surface area contributed by atoms with Crippen LogP contribution in [-0.4, -0.2) is 36.0 Å². The highest BCUT2D eigenvalue weighted by atomic mass is 19.4. The van der Waals surface area contributed by atoms with Gasteiger partial charge in [0, 0.05) is 24.3 Å². The number of hydrogen-bond acceptors (Lipinski definition) is 2. The van der Waals surface area contributed by atoms with Crippen molar-refractivity contribution in [2.75, 3.05) is 18.4 Å². The summed E-state index contributed by atoms with van der Waals surface area (Å²) in [5.41, 5.74) is 0.405. The van der Waals surface area contributed by atoms with Crippen LogP contribution in [0.3, 0.4) is 0 Å². The number of anilines is 1. The Hall–Kier alpha value is -2.05. The quantitative estimate of drug-likeness (QED) is 0.907. The molecule has 1 aliphatic rings. The van der Waals surface area contributed by atoms with Crippen LogP contribution in [0, 0.1) is 0 Å². The average Bonchev–Trinajstić information content (AvgIpc) is 2.91. The van der Waals surface area contributed by atoms with Crippen LogP contribution < -0.4 is 5.32 Å². The molecule has 1 N–H and O–H groups in total. The second-order valence-corrected chi connectivity index (χ2v) is 4.53. The fourth-order valence-corrected chi connectivity index (χ4v) is 2.00. The minimum atomic E-state index is -4.93. The van der Waals surface area contributed by atoms with Gasteiger partial charge in [0.2, 0.25) is 0 Å². The van der Waals surface area contributed by atoms with Crippen LogP contribution in [0.2, 0.25) is 0 Å². The number of benzene rings is 1. The van der Waals surface area contributed by atoms with E-state index in [1.165, 1.54) is 24.3 Å². The molecule has 0 aromatic heterocycles. The summed E-state index contributed by atoms with van der Waals surface area (Å²) in [6, 6.07) is 5.39. The predicted octanol–water partition coefficient (Wildman–Crippen LogP) is 2.42. The number of rotatable bonds is 2. The third-order valence-corrected chi connectivity index (χ3v) is 3.04. The van der Waals surface area contributed by atoms with Gasteiger partial charge in [0.25, 0.3) is 5.91 Å². The number of nitrogens with zero attached hydrogens (tertiary/aromatic N) is 1. The fraction of sp³-hybridized carbons (Fsp3) is 0.385. The van der Waals surface area contributed by atoms with Crippen LogP contribution in [-0.2, 0) is 4.79 Å². The average molecular weight is 286 g/mol. The molecular formula is C13H13F3N2O2. The van der Waals surface area contributed by atoms with Crippen molar-refractivity contribution < 1.29 is 22.8 Å². The van der Waals surface area contributed by atoms with E-state index in [-0.39, 0.29) is 11.6 Å². The molecule has 0 radical (unpaired) electrons. The molecule has 4 nitrogen and oxygen atoms in total. The molecule has 0 bridgehead atoms. The Morgan fingerprint density at radius 2 is 1.60 bits per heavy atom. The van der Waals surface area contributed by atoms with Gasteiger partial charge < -0.3 is 10.2 Å². The standard InChI is InChI=1S/C13H13F3N2O2/c14-13(15,16)12(20)17-10-5-3-9(4-6-10)11(19)18-7-1-2-8-18/h3-6H,1-2,7-8H2,(H,17,20). The SMILES string of the molecule is O=C(c1ccc(NC(=O)C(F)(F)F)cc1)N1CCCC1. The van der Waals surface area contributed by atoms with Crippen molar-refractivity contribution in [1.29, 1.82) is 0 Å². The molecule has 1 saturated heterocycles. The van der Waals surface area contributed by atoms with Gasteiger partial charge in [0.15, 0.2) is 0 Å². The van der Waals surface area contributed by atoms with Crippen molar-refractivity contribution >= 4 is 17.5 Å². The van der Waals surface area contributed by atoms with Crippen LogP contribution in [0.5, 0.6) is 0 Å². The zero-order valence-corrected chi connectivity index (χ0v) is 10.5. The fourth-order valence-electron chi connectivity index (χ4n) is 2.00. The summed E-state index contributed by atoms with van der Waals surface area (Å²) in [6.45, 7) is 1.40. The monoisotopic (exact) mass is 286 g/mol. The highest BCUT2D eigenvalue weighted by Gasteiger charge is 2.38. The number of amides is 2. The Balaban J connectivity index is 2.03. The van der Waals surface area contributed by atoms with Gasteiger partial charge in [-0.1, -0.05) is 0 Å². The van der Waals surface area contributed by atoms with E-state index in [4.69, 9.17) is 0 Å². The molecule has 1 aromatic carbocycles. The van der Waals surface area contributed by atoms with Crippen LogP contribution >= 0.6 is 0 Å². The van der Waals surface area contributed by atoms with E-state index in [1.807, 2.05) is 0 Å². The van der Waals surface area contributed by atoms with Crippen LogP contribution in [0.15, 0.2) is 24.3 Å². The van der Waals surface area contributed by atoms with Gasteiger partial charge in [0.05, 0.1) is 0 Å². The summed E-state index contributed by atoms with van der Waals surface area (Å²) in [7, 11) is 0. The number of alkyl halides is 3. The molecular weight excluding hydrogens is 273 g/mol. The zero-order valence-electron chi connectivity index (χ0n) is 10.5. The molecule has 0 spiro atoms. The molecule has 7 heteroatoms. The van der Waals surface area contributed by atoms with E-state index >= 15 is 0 Å². The molecule has 0 aliphatic carbocycles. The first-order valence-corrected chi connectivity index (χ1v) is 6.15. The number of carbonyl (C=O) groups excluding carboxylic acids is 2. The topological polar surface area (TPSA) is 49.4 Å². The number of likely N-dealkylation sites (tertiary alicyclic amines) is 1. The van der Waals surface area contributed by atoms with Gasteiger partial charge in [-0.15, -0.1) is 0 Å². The summed E-state index contributed by atoms with van der Waals surface area (Å²) in [6.07, 6.45) is -3.00. The second-order valence-electron chi connectivity index (χ2n) is 4.53. The van der Waals surface area contributed by atoms with Crippen LogP contribution in [0.4, 0.5) is 18.9 Å². The molecule has 108 valence electrons. The third-order valence-electron chi connectivity index (χ3n) is 3.04. The lowest BCUT2D eigenvalue weighted by molar-refractivity contribution is -0.167. The Morgan fingerprint density at radius 1 is 1.05 bits per heavy atom. The Labute approximate surface area is 113 Å². The van der Waals surface area contributed by atoms with Crippen molar-refractivity contribution in [2.45, 2.75) is 19.0 Å². The van der Waals surface area contributed by atoms with Crippen molar-refractivity contribution in [3.8, 4) is 0 Å². The Kier molecular flexibility index (Phi) is 3.96. The van der Waals surface area contributed by atoms with Gasteiger partial charge in [0.1, 0.15) is 0 Å². The van der Waals surface area contributed by atoms with Crippen molar-refractivity contribution in [3.05, 3.63) is 29.8 Å². The molecule has 2 amide bonds. The molecule has 1 heterocycles. The van der Waals surface area contributed by atoms with Gasteiger partial charge in [-0.25, -0.2) is 0 Å². The largest absolute Gasteiger partial charge is 0.471 e. The molecule has 1 aliphatic heterocycles. The first-order valence-electron chi connectivity index (χ1n) is 6.15. The Bertz CT molecular complexity index is 505. The number of nitrogens with one attached hydrogen (secondary N) is 1. The van der Waals surface area contributed by atoms with E-state index in [9.17, 15) is 22.8 Å². The van der Waals surface area contributed by atoms with Gasteiger partial charge >= 0.3 is 12.1 Å². The highest BCUT2D eigenvalue weighted by Crippen LogP contribution is 2.19. The molecule has 20 heavy (non-hydrogen) atoms. The second kappa shape index (κ2) is 5.52. The lowest BCUT2D eigenvalue weighted by Gasteiger charge is -2.15. The van der Waals surface area contributed by atoms with E-state index < -0.39 is 12.1 Å². The highest BCUT2D eigenvalue weighted by molar-refractivity contribution is 5.97. The zero-order chi connectivity index (χ0) is 14.8. The van der Waals surface area contributed by atoms with Gasteiger partial charge in [-0.2, -0.15) is 13.2 Å². The van der Waals surface area contributed by atoms with Gasteiger partial charge in [-0.05, 0) is 37.1 Å². The summed E-state index contributed by atoms with van der Waals surface area (Å²) in [4.78, 5) is 24.4. The van der Waals surface area contributed by atoms with Crippen molar-refractivity contribution in [1.82, 2.24) is 4.90 Å². The number of hydrogen-bond donors (Lipinski definition) is 1. The number of carbonyl (C=O) groups is 2. The van der Waals surface area contributed by atoms with Crippen molar-refractivity contribution in [2.24, 2.45) is 0 Å². The van der Waals surface area contributed by atoms with Crippen LogP contribution in [0.25, 0.3) is 0 Å². The van der Waals surface area contributed by atoms with E-state index in [0.29, 0.717) is 18.7 Å². The normalized spacial score (nSPS) is 15.2. The molecule has 1 fully saturated rings. The minimum Gasteiger partial charge on any atom is -0.339 e. The summed E-state index contributed by atoms with van der Waals surface area (Å²) >= 11 is 0. The summed E-state index contributed by atoms with van der Waals surface area (Å²) < 4.78 is 36.2. The smallest absolute Gasteiger partial charge is 0.339 e. The Morgan fingerprint density at radius 3 is 2.10 bits per heavy atom. The van der Waals surface area contributed by atoms with Crippen LogP contribution in [0.1, 0.15) is 23.2 Å². The maximum absolute atomic E-state index is 12.1. The lowest BCUT2D eigenvalue weighted by Crippen LogP contribution is -2.30. The maximum atomic E-state index is 12.1. The minimum absolute atomic E-state index is 0.00490. The van der Waals surface area contributed by atoms with E-state index in [1.54, 1.807) is 10.2 Å².